The lowest BCUT2D eigenvalue weighted by atomic mass is 10.1. The van der Waals surface area contributed by atoms with Crippen molar-refractivity contribution in [2.75, 3.05) is 0 Å². The molecule has 1 rings (SSSR count). The highest BCUT2D eigenvalue weighted by Crippen LogP contribution is 2.15. The molecule has 0 spiro atoms. The van der Waals surface area contributed by atoms with Crippen LogP contribution in [0.3, 0.4) is 0 Å². The number of carbonyl (C=O) groups is 2. The molecule has 0 bridgehead atoms. The molecule has 1 amide bonds. The maximum absolute atomic E-state index is 11.7. The first-order valence-electron chi connectivity index (χ1n) is 6.32. The highest BCUT2D eigenvalue weighted by Gasteiger charge is 2.24. The third-order valence-electron chi connectivity index (χ3n) is 2.31. The van der Waals surface area contributed by atoms with Crippen molar-refractivity contribution in [1.82, 2.24) is 20.3 Å². The van der Waals surface area contributed by atoms with Crippen molar-refractivity contribution < 1.29 is 19.4 Å². The molecule has 8 heteroatoms. The molecule has 0 aliphatic rings. The lowest BCUT2D eigenvalue weighted by molar-refractivity contribution is -0.137. The SMILES string of the molecule is CCn1cc([C@@H](CC(=O)O)NC(=O)OC(C)(C)C)nn1. The summed E-state index contributed by atoms with van der Waals surface area (Å²) >= 11 is 0. The van der Waals surface area contributed by atoms with E-state index in [1.807, 2.05) is 6.92 Å². The van der Waals surface area contributed by atoms with E-state index in [-0.39, 0.29) is 6.42 Å². The summed E-state index contributed by atoms with van der Waals surface area (Å²) in [6.07, 6.45) is 0.627. The average molecular weight is 284 g/mol. The van der Waals surface area contributed by atoms with Crippen molar-refractivity contribution in [3.8, 4) is 0 Å². The van der Waals surface area contributed by atoms with Crippen molar-refractivity contribution in [2.24, 2.45) is 0 Å². The number of aliphatic carboxylic acids is 1. The summed E-state index contributed by atoms with van der Waals surface area (Å²) in [5.74, 6) is -1.04. The van der Waals surface area contributed by atoms with Gasteiger partial charge in [0.25, 0.3) is 0 Å². The number of ether oxygens (including phenoxy) is 1. The summed E-state index contributed by atoms with van der Waals surface area (Å²) in [6.45, 7) is 7.68. The molecule has 0 aromatic carbocycles. The molecule has 1 aromatic rings. The molecule has 1 aromatic heterocycles. The molecule has 112 valence electrons. The number of carbonyl (C=O) groups excluding carboxylic acids is 1. The first-order valence-corrected chi connectivity index (χ1v) is 6.32. The van der Waals surface area contributed by atoms with E-state index in [1.165, 1.54) is 0 Å². The fourth-order valence-electron chi connectivity index (χ4n) is 1.48. The van der Waals surface area contributed by atoms with Crippen LogP contribution in [0, 0.1) is 0 Å². The Morgan fingerprint density at radius 2 is 2.15 bits per heavy atom. The number of nitrogens with one attached hydrogen (secondary N) is 1. The van der Waals surface area contributed by atoms with E-state index in [9.17, 15) is 9.59 Å². The smallest absolute Gasteiger partial charge is 0.408 e. The molecule has 0 radical (unpaired) electrons. The molecule has 0 saturated heterocycles. The van der Waals surface area contributed by atoms with Crippen LogP contribution in [0.2, 0.25) is 0 Å². The van der Waals surface area contributed by atoms with Gasteiger partial charge in [0.1, 0.15) is 11.3 Å². The number of alkyl carbamates (subject to hydrolysis) is 1. The van der Waals surface area contributed by atoms with Gasteiger partial charge in [-0.1, -0.05) is 5.21 Å². The van der Waals surface area contributed by atoms with Crippen LogP contribution < -0.4 is 5.32 Å². The lowest BCUT2D eigenvalue weighted by Gasteiger charge is -2.22. The van der Waals surface area contributed by atoms with Gasteiger partial charge < -0.3 is 15.2 Å². The van der Waals surface area contributed by atoms with E-state index in [4.69, 9.17) is 9.84 Å². The summed E-state index contributed by atoms with van der Waals surface area (Å²) in [5, 5.41) is 19.1. The molecular formula is C12H20N4O4. The zero-order valence-corrected chi connectivity index (χ0v) is 12.1. The predicted octanol–water partition coefficient (Wildman–Crippen LogP) is 1.34. The van der Waals surface area contributed by atoms with Gasteiger partial charge in [-0.25, -0.2) is 4.79 Å². The fraction of sp³-hybridized carbons (Fsp3) is 0.667. The van der Waals surface area contributed by atoms with Crippen molar-refractivity contribution >= 4 is 12.1 Å². The van der Waals surface area contributed by atoms with E-state index in [0.29, 0.717) is 12.2 Å². The number of nitrogens with zero attached hydrogens (tertiary/aromatic N) is 3. The molecule has 0 unspecified atom stereocenters. The summed E-state index contributed by atoms with van der Waals surface area (Å²) in [7, 11) is 0. The molecule has 0 fully saturated rings. The Hall–Kier alpha value is -2.12. The van der Waals surface area contributed by atoms with Gasteiger partial charge in [-0.2, -0.15) is 0 Å². The zero-order valence-electron chi connectivity index (χ0n) is 12.1. The minimum absolute atomic E-state index is 0.290. The molecule has 0 saturated carbocycles. The number of carboxylic acid groups (broad SMARTS) is 1. The molecular weight excluding hydrogens is 264 g/mol. The Morgan fingerprint density at radius 3 is 2.60 bits per heavy atom. The molecule has 20 heavy (non-hydrogen) atoms. The molecule has 8 nitrogen and oxygen atoms in total. The number of amides is 1. The van der Waals surface area contributed by atoms with Crippen LogP contribution in [0.5, 0.6) is 0 Å². The molecule has 1 heterocycles. The van der Waals surface area contributed by atoms with Gasteiger partial charge in [0.2, 0.25) is 0 Å². The second-order valence-electron chi connectivity index (χ2n) is 5.30. The summed E-state index contributed by atoms with van der Waals surface area (Å²) in [5.41, 5.74) is -0.265. The van der Waals surface area contributed by atoms with Gasteiger partial charge >= 0.3 is 12.1 Å². The number of hydrogen-bond acceptors (Lipinski definition) is 5. The highest BCUT2D eigenvalue weighted by atomic mass is 16.6. The quantitative estimate of drug-likeness (QED) is 0.845. The highest BCUT2D eigenvalue weighted by molar-refractivity contribution is 5.71. The van der Waals surface area contributed by atoms with Gasteiger partial charge in [-0.3, -0.25) is 9.48 Å². The number of carboxylic acids is 1. The van der Waals surface area contributed by atoms with Crippen LogP contribution in [0.15, 0.2) is 6.20 Å². The molecule has 1 atom stereocenters. The number of aromatic nitrogens is 3. The van der Waals surface area contributed by atoms with Crippen LogP contribution in [0.25, 0.3) is 0 Å². The number of aryl methyl sites for hydroxylation is 1. The van der Waals surface area contributed by atoms with E-state index >= 15 is 0 Å². The third-order valence-corrected chi connectivity index (χ3v) is 2.31. The maximum atomic E-state index is 11.7. The summed E-state index contributed by atoms with van der Waals surface area (Å²) in [4.78, 5) is 22.6. The molecule has 0 aliphatic heterocycles. The first-order chi connectivity index (χ1) is 9.21. The topological polar surface area (TPSA) is 106 Å². The Kier molecular flexibility index (Phi) is 5.06. The van der Waals surface area contributed by atoms with Crippen LogP contribution in [0.1, 0.15) is 45.9 Å². The van der Waals surface area contributed by atoms with Crippen molar-refractivity contribution in [1.29, 1.82) is 0 Å². The van der Waals surface area contributed by atoms with E-state index in [0.717, 1.165) is 0 Å². The fourth-order valence-corrected chi connectivity index (χ4v) is 1.48. The number of rotatable bonds is 5. The van der Waals surface area contributed by atoms with E-state index in [2.05, 4.69) is 15.6 Å². The van der Waals surface area contributed by atoms with Gasteiger partial charge in [0.05, 0.1) is 18.7 Å². The monoisotopic (exact) mass is 284 g/mol. The Balaban J connectivity index is 2.79. The maximum Gasteiger partial charge on any atom is 0.408 e. The van der Waals surface area contributed by atoms with Crippen LogP contribution in [-0.2, 0) is 16.1 Å². The summed E-state index contributed by atoms with van der Waals surface area (Å²) < 4.78 is 6.66. The Morgan fingerprint density at radius 1 is 1.50 bits per heavy atom. The van der Waals surface area contributed by atoms with Crippen LogP contribution >= 0.6 is 0 Å². The average Bonchev–Trinajstić information content (AvgIpc) is 2.73. The van der Waals surface area contributed by atoms with E-state index in [1.54, 1.807) is 31.6 Å². The van der Waals surface area contributed by atoms with Crippen LogP contribution in [-0.4, -0.2) is 37.8 Å². The third kappa shape index (κ3) is 5.25. The molecule has 0 aliphatic carbocycles. The lowest BCUT2D eigenvalue weighted by Crippen LogP contribution is -2.36. The molecule has 2 N–H and O–H groups in total. The second kappa shape index (κ2) is 6.36. The van der Waals surface area contributed by atoms with Crippen molar-refractivity contribution in [2.45, 2.75) is 52.3 Å². The zero-order chi connectivity index (χ0) is 15.3. The number of hydrogen-bond donors (Lipinski definition) is 2. The largest absolute Gasteiger partial charge is 0.481 e. The van der Waals surface area contributed by atoms with Crippen molar-refractivity contribution in [3.05, 3.63) is 11.9 Å². The Bertz CT molecular complexity index is 478. The van der Waals surface area contributed by atoms with Gasteiger partial charge in [-0.05, 0) is 27.7 Å². The normalized spacial score (nSPS) is 12.8. The summed E-state index contributed by atoms with van der Waals surface area (Å²) in [6, 6.07) is -0.775. The van der Waals surface area contributed by atoms with E-state index < -0.39 is 23.7 Å². The standard InChI is InChI=1S/C12H20N4O4/c1-5-16-7-9(14-15-16)8(6-10(17)18)13-11(19)20-12(2,3)4/h7-8H,5-6H2,1-4H3,(H,13,19)(H,17,18)/t8-/m1/s1. The van der Waals surface area contributed by atoms with Gasteiger partial charge in [0, 0.05) is 6.54 Å². The predicted molar refractivity (Wildman–Crippen MR) is 70.1 cm³/mol. The van der Waals surface area contributed by atoms with Gasteiger partial charge in [-0.15, -0.1) is 5.10 Å². The minimum Gasteiger partial charge on any atom is -0.481 e. The Labute approximate surface area is 117 Å². The first kappa shape index (κ1) is 15.9. The van der Waals surface area contributed by atoms with Crippen molar-refractivity contribution in [3.63, 3.8) is 0 Å². The van der Waals surface area contributed by atoms with Gasteiger partial charge in [0.15, 0.2) is 0 Å². The minimum atomic E-state index is -1.04. The van der Waals surface area contributed by atoms with Crippen LogP contribution in [0.4, 0.5) is 4.79 Å². The second-order valence-corrected chi connectivity index (χ2v) is 5.30.